The number of phenolic OH excluding ortho intramolecular Hbond substituents is 1. The van der Waals surface area contributed by atoms with Crippen LogP contribution in [0.3, 0.4) is 0 Å². The second-order valence-corrected chi connectivity index (χ2v) is 8.97. The first-order chi connectivity index (χ1) is 15.3. The summed E-state index contributed by atoms with van der Waals surface area (Å²) in [6, 6.07) is 2.36. The highest BCUT2D eigenvalue weighted by Gasteiger charge is 2.30. The summed E-state index contributed by atoms with van der Waals surface area (Å²) in [6.07, 6.45) is 0.508. The van der Waals surface area contributed by atoms with E-state index in [0.717, 1.165) is 5.56 Å². The van der Waals surface area contributed by atoms with E-state index >= 15 is 0 Å². The fourth-order valence-electron chi connectivity index (χ4n) is 3.13. The first kappa shape index (κ1) is 27.9. The van der Waals surface area contributed by atoms with Crippen molar-refractivity contribution in [3.63, 3.8) is 0 Å². The summed E-state index contributed by atoms with van der Waals surface area (Å²) in [7, 11) is 0. The van der Waals surface area contributed by atoms with E-state index in [1.165, 1.54) is 19.1 Å². The van der Waals surface area contributed by atoms with Crippen molar-refractivity contribution < 1.29 is 29.4 Å². The fraction of sp³-hybridized carbons (Fsp3) is 0.565. The van der Waals surface area contributed by atoms with Crippen LogP contribution in [0.2, 0.25) is 0 Å². The van der Waals surface area contributed by atoms with Crippen LogP contribution in [-0.2, 0) is 25.6 Å². The van der Waals surface area contributed by atoms with Gasteiger partial charge in [-0.25, -0.2) is 4.79 Å². The van der Waals surface area contributed by atoms with Crippen molar-refractivity contribution in [1.82, 2.24) is 16.0 Å². The predicted octanol–water partition coefficient (Wildman–Crippen LogP) is 0.523. The standard InChI is InChI=1S/C23H36N4O6/c1-12(2)10-18(22(31)27-19(13(3)4)23(32)33)26-20(29)14(5)25-21(30)17(24)11-15-6-8-16(28)9-7-15/h6-9,12-14,17-19,28H,10-11,24H2,1-5H3,(H,25,30)(H,26,29)(H,27,31)(H,32,33). The quantitative estimate of drug-likeness (QED) is 0.262. The number of rotatable bonds is 12. The number of phenols is 1. The molecular formula is C23H36N4O6. The monoisotopic (exact) mass is 464 g/mol. The molecule has 33 heavy (non-hydrogen) atoms. The third kappa shape index (κ3) is 9.48. The van der Waals surface area contributed by atoms with Gasteiger partial charge in [-0.1, -0.05) is 39.8 Å². The Hall–Kier alpha value is -3.14. The Morgan fingerprint density at radius 3 is 1.94 bits per heavy atom. The molecule has 0 fully saturated rings. The fourth-order valence-corrected chi connectivity index (χ4v) is 3.13. The van der Waals surface area contributed by atoms with Gasteiger partial charge in [0.1, 0.15) is 23.9 Å². The molecule has 3 amide bonds. The summed E-state index contributed by atoms with van der Waals surface area (Å²) in [5.74, 6) is -3.07. The Morgan fingerprint density at radius 1 is 0.879 bits per heavy atom. The molecule has 10 nitrogen and oxygen atoms in total. The lowest BCUT2D eigenvalue weighted by Gasteiger charge is -2.25. The predicted molar refractivity (Wildman–Crippen MR) is 123 cm³/mol. The molecule has 1 aromatic rings. The molecule has 4 atom stereocenters. The van der Waals surface area contributed by atoms with E-state index < -0.39 is 47.9 Å². The Bertz CT molecular complexity index is 825. The number of hydrogen-bond acceptors (Lipinski definition) is 6. The SMILES string of the molecule is CC(C)CC(NC(=O)C(C)NC(=O)C(N)Cc1ccc(O)cc1)C(=O)NC(C(=O)O)C(C)C. The van der Waals surface area contributed by atoms with Crippen LogP contribution in [0.5, 0.6) is 5.75 Å². The smallest absolute Gasteiger partial charge is 0.326 e. The molecule has 0 radical (unpaired) electrons. The number of carbonyl (C=O) groups excluding carboxylic acids is 3. The number of carboxylic acid groups (broad SMARTS) is 1. The van der Waals surface area contributed by atoms with Gasteiger partial charge in [-0.15, -0.1) is 0 Å². The summed E-state index contributed by atoms with van der Waals surface area (Å²) in [5, 5.41) is 26.3. The molecule has 1 aromatic carbocycles. The zero-order valence-corrected chi connectivity index (χ0v) is 19.8. The summed E-state index contributed by atoms with van der Waals surface area (Å²) >= 11 is 0. The molecular weight excluding hydrogens is 428 g/mol. The lowest BCUT2D eigenvalue weighted by Crippen LogP contribution is -2.57. The van der Waals surface area contributed by atoms with Crippen LogP contribution in [0.1, 0.15) is 46.6 Å². The number of benzene rings is 1. The zero-order valence-electron chi connectivity index (χ0n) is 19.8. The second kappa shape index (κ2) is 12.8. The summed E-state index contributed by atoms with van der Waals surface area (Å²) in [4.78, 5) is 49.2. The Kier molecular flexibility index (Phi) is 10.8. The van der Waals surface area contributed by atoms with Gasteiger partial charge in [-0.05, 0) is 49.3 Å². The van der Waals surface area contributed by atoms with Gasteiger partial charge >= 0.3 is 5.97 Å². The number of hydrogen-bond donors (Lipinski definition) is 6. The molecule has 1 rings (SSSR count). The van der Waals surface area contributed by atoms with E-state index in [4.69, 9.17) is 5.73 Å². The third-order valence-electron chi connectivity index (χ3n) is 5.05. The Labute approximate surface area is 194 Å². The van der Waals surface area contributed by atoms with Crippen molar-refractivity contribution in [2.45, 2.75) is 71.6 Å². The maximum absolute atomic E-state index is 12.7. The maximum Gasteiger partial charge on any atom is 0.326 e. The minimum absolute atomic E-state index is 0.0482. The van der Waals surface area contributed by atoms with E-state index in [1.807, 2.05) is 13.8 Å². The number of carboxylic acids is 1. The van der Waals surface area contributed by atoms with E-state index in [-0.39, 0.29) is 24.0 Å². The minimum atomic E-state index is -1.16. The van der Waals surface area contributed by atoms with Crippen molar-refractivity contribution >= 4 is 23.7 Å². The highest BCUT2D eigenvalue weighted by Crippen LogP contribution is 2.11. The number of aromatic hydroxyl groups is 1. The minimum Gasteiger partial charge on any atom is -0.508 e. The first-order valence-electron chi connectivity index (χ1n) is 11.0. The van der Waals surface area contributed by atoms with Crippen LogP contribution >= 0.6 is 0 Å². The molecule has 0 aromatic heterocycles. The normalized spacial score (nSPS) is 14.8. The van der Waals surface area contributed by atoms with E-state index in [1.54, 1.807) is 26.0 Å². The first-order valence-corrected chi connectivity index (χ1v) is 11.0. The van der Waals surface area contributed by atoms with Crippen LogP contribution in [0.15, 0.2) is 24.3 Å². The van der Waals surface area contributed by atoms with Gasteiger partial charge < -0.3 is 31.9 Å². The molecule has 0 spiro atoms. The molecule has 10 heteroatoms. The molecule has 0 aliphatic heterocycles. The van der Waals surface area contributed by atoms with Crippen LogP contribution in [0.25, 0.3) is 0 Å². The van der Waals surface area contributed by atoms with Crippen molar-refractivity contribution in [3.05, 3.63) is 29.8 Å². The molecule has 0 saturated heterocycles. The van der Waals surface area contributed by atoms with Gasteiger partial charge in [-0.2, -0.15) is 0 Å². The summed E-state index contributed by atoms with van der Waals surface area (Å²) in [6.45, 7) is 8.56. The highest BCUT2D eigenvalue weighted by molar-refractivity contribution is 5.94. The van der Waals surface area contributed by atoms with Crippen molar-refractivity contribution in [2.24, 2.45) is 17.6 Å². The van der Waals surface area contributed by atoms with Crippen LogP contribution in [0.4, 0.5) is 0 Å². The van der Waals surface area contributed by atoms with Gasteiger partial charge in [0.25, 0.3) is 0 Å². The molecule has 0 aliphatic carbocycles. The number of nitrogens with one attached hydrogen (secondary N) is 3. The van der Waals surface area contributed by atoms with Crippen LogP contribution in [-0.4, -0.2) is 58.1 Å². The van der Waals surface area contributed by atoms with Crippen LogP contribution < -0.4 is 21.7 Å². The summed E-state index contributed by atoms with van der Waals surface area (Å²) in [5.41, 5.74) is 6.69. The van der Waals surface area contributed by atoms with Gasteiger partial charge in [-0.3, -0.25) is 14.4 Å². The topological polar surface area (TPSA) is 171 Å². The average molecular weight is 465 g/mol. The number of nitrogens with two attached hydrogens (primary N) is 1. The van der Waals surface area contributed by atoms with Gasteiger partial charge in [0.05, 0.1) is 6.04 Å². The van der Waals surface area contributed by atoms with Crippen LogP contribution in [0, 0.1) is 11.8 Å². The third-order valence-corrected chi connectivity index (χ3v) is 5.05. The lowest BCUT2D eigenvalue weighted by atomic mass is 10.00. The molecule has 0 bridgehead atoms. The number of aliphatic carboxylic acids is 1. The largest absolute Gasteiger partial charge is 0.508 e. The molecule has 0 aliphatic rings. The number of amides is 3. The van der Waals surface area contributed by atoms with Crippen molar-refractivity contribution in [1.29, 1.82) is 0 Å². The average Bonchev–Trinajstić information content (AvgIpc) is 2.71. The van der Waals surface area contributed by atoms with Crippen molar-refractivity contribution in [2.75, 3.05) is 0 Å². The maximum atomic E-state index is 12.7. The van der Waals surface area contributed by atoms with Gasteiger partial charge in [0.15, 0.2) is 0 Å². The van der Waals surface area contributed by atoms with Gasteiger partial charge in [0, 0.05) is 0 Å². The zero-order chi connectivity index (χ0) is 25.3. The van der Waals surface area contributed by atoms with Crippen molar-refractivity contribution in [3.8, 4) is 5.75 Å². The molecule has 184 valence electrons. The van der Waals surface area contributed by atoms with E-state index in [0.29, 0.717) is 6.42 Å². The summed E-state index contributed by atoms with van der Waals surface area (Å²) < 4.78 is 0. The molecule has 0 heterocycles. The van der Waals surface area contributed by atoms with E-state index in [9.17, 15) is 29.4 Å². The lowest BCUT2D eigenvalue weighted by molar-refractivity contribution is -0.143. The molecule has 7 N–H and O–H groups in total. The molecule has 4 unspecified atom stereocenters. The second-order valence-electron chi connectivity index (χ2n) is 8.97. The molecule has 0 saturated carbocycles. The highest BCUT2D eigenvalue weighted by atomic mass is 16.4. The van der Waals surface area contributed by atoms with E-state index in [2.05, 4.69) is 16.0 Å². The van der Waals surface area contributed by atoms with Gasteiger partial charge in [0.2, 0.25) is 17.7 Å². The Morgan fingerprint density at radius 2 is 1.45 bits per heavy atom. The number of carbonyl (C=O) groups is 4. The Balaban J connectivity index is 2.75.